The summed E-state index contributed by atoms with van der Waals surface area (Å²) in [6.07, 6.45) is 8.93. The van der Waals surface area contributed by atoms with Gasteiger partial charge in [0.05, 0.1) is 57.9 Å². The van der Waals surface area contributed by atoms with E-state index in [-0.39, 0.29) is 43.1 Å². The summed E-state index contributed by atoms with van der Waals surface area (Å²) in [5.74, 6) is -0.914. The largest absolute Gasteiger partial charge is 0.860 e. The number of para-hydroxylation sites is 1. The van der Waals surface area contributed by atoms with E-state index < -0.39 is 17.7 Å². The molecule has 1 aliphatic heterocycles. The molecule has 0 radical (unpaired) electrons. The molecule has 0 saturated heterocycles. The Kier molecular flexibility index (Phi) is 11.8. The van der Waals surface area contributed by atoms with E-state index in [0.717, 1.165) is 80.1 Å². The first-order valence-corrected chi connectivity index (χ1v) is 17.1. The molecule has 0 bridgehead atoms. The molecule has 0 spiro atoms. The second-order valence-electron chi connectivity index (χ2n) is 13.9. The van der Waals surface area contributed by atoms with E-state index in [1.165, 1.54) is 9.91 Å². The second kappa shape index (κ2) is 16.2. The van der Waals surface area contributed by atoms with Gasteiger partial charge in [-0.25, -0.2) is 14.6 Å². The minimum absolute atomic E-state index is 0.0375. The summed E-state index contributed by atoms with van der Waals surface area (Å²) in [7, 11) is 6.16. The first-order chi connectivity index (χ1) is 23.5. The van der Waals surface area contributed by atoms with Crippen LogP contribution in [0.25, 0.3) is 11.4 Å². The number of fused-ring (bicyclic) bond motifs is 1. The molecule has 13 nitrogen and oxygen atoms in total. The van der Waals surface area contributed by atoms with Crippen LogP contribution in [0.15, 0.2) is 67.9 Å². The summed E-state index contributed by atoms with van der Waals surface area (Å²) < 4.78 is 5.42. The molecule has 2 aliphatic carbocycles. The van der Waals surface area contributed by atoms with Crippen LogP contribution in [-0.4, -0.2) is 95.5 Å². The number of urea groups is 1. The zero-order valence-electron chi connectivity index (χ0n) is 28.6. The van der Waals surface area contributed by atoms with Gasteiger partial charge in [-0.15, -0.1) is 0 Å². The van der Waals surface area contributed by atoms with E-state index in [9.17, 15) is 19.5 Å². The SMILES string of the molecule is C[N+](C)(C)CCO.O=C(CN1C(=O)N(CC([O-])=Nc2cccc(-c3noc(=O)[nH]3)c2)N=C(C2CCCCC2)c2ccccc21)C1CCCC1. The number of aliphatic hydroxyl groups is 1. The van der Waals surface area contributed by atoms with Crippen molar-refractivity contribution < 1.29 is 28.8 Å². The number of aliphatic imine (C=N–C) groups is 1. The normalized spacial score (nSPS) is 17.7. The average Bonchev–Trinajstić information content (AvgIpc) is 3.76. The van der Waals surface area contributed by atoms with Crippen molar-refractivity contribution in [3.8, 4) is 11.4 Å². The molecule has 2 N–H and O–H groups in total. The number of hydrogen-bond donors (Lipinski definition) is 2. The molecule has 3 aromatic rings. The van der Waals surface area contributed by atoms with Crippen LogP contribution in [0.3, 0.4) is 0 Å². The number of hydrogen-bond acceptors (Lipinski definition) is 9. The number of carbonyl (C=O) groups excluding carboxylic acids is 2. The van der Waals surface area contributed by atoms with Crippen molar-refractivity contribution in [3.05, 3.63) is 64.6 Å². The van der Waals surface area contributed by atoms with Gasteiger partial charge in [-0.1, -0.05) is 67.6 Å². The maximum Gasteiger partial charge on any atom is 0.439 e. The first-order valence-electron chi connectivity index (χ1n) is 17.1. The topological polar surface area (TPSA) is 168 Å². The van der Waals surface area contributed by atoms with Gasteiger partial charge in [0.2, 0.25) is 0 Å². The standard InChI is InChI=1S/C31H34N6O5.C5H14NO/c38-26(20-9-4-5-10-20)18-36-25-16-7-6-15-24(25)28(21-11-2-1-3-12-21)34-37(31(36)41)19-27(39)32-23-14-8-13-22(17-23)29-33-30(40)42-35-29;1-6(2,3)4-5-7/h6-8,13-17,20-21H,1-5,9-12,18-19H2,(H,32,39)(H,33,35,40);7H,4-5H2,1-3H3/q;+1/p-1. The minimum Gasteiger partial charge on any atom is -0.860 e. The number of carbonyl (C=O) groups is 2. The van der Waals surface area contributed by atoms with Crippen molar-refractivity contribution in [2.45, 2.75) is 57.8 Å². The van der Waals surface area contributed by atoms with Crippen molar-refractivity contribution in [2.75, 3.05) is 52.3 Å². The Morgan fingerprint density at radius 3 is 2.37 bits per heavy atom. The van der Waals surface area contributed by atoms with Gasteiger partial charge in [0.15, 0.2) is 11.6 Å². The van der Waals surface area contributed by atoms with E-state index >= 15 is 0 Å². The second-order valence-corrected chi connectivity index (χ2v) is 13.9. The number of aliphatic hydroxyl groups excluding tert-OH is 1. The smallest absolute Gasteiger partial charge is 0.439 e. The number of aromatic amines is 1. The van der Waals surface area contributed by atoms with Gasteiger partial charge in [0.25, 0.3) is 0 Å². The minimum atomic E-state index is -0.688. The lowest BCUT2D eigenvalue weighted by Gasteiger charge is -2.28. The number of aromatic nitrogens is 2. The number of likely N-dealkylation sites (N-methyl/N-ethyl adjacent to an activating group) is 1. The van der Waals surface area contributed by atoms with Crippen molar-refractivity contribution >= 4 is 34.8 Å². The molecule has 0 atom stereocenters. The van der Waals surface area contributed by atoms with Crippen molar-refractivity contribution in [2.24, 2.45) is 21.9 Å². The number of benzene rings is 2. The van der Waals surface area contributed by atoms with Gasteiger partial charge in [-0.3, -0.25) is 24.2 Å². The third kappa shape index (κ3) is 9.51. The predicted molar refractivity (Wildman–Crippen MR) is 186 cm³/mol. The molecule has 2 aromatic carbocycles. The molecule has 2 fully saturated rings. The molecule has 3 aliphatic rings. The van der Waals surface area contributed by atoms with E-state index in [1.54, 1.807) is 24.3 Å². The Bertz CT molecular complexity index is 1710. The molecule has 49 heavy (non-hydrogen) atoms. The molecule has 2 saturated carbocycles. The van der Waals surface area contributed by atoms with Crippen molar-refractivity contribution in [1.29, 1.82) is 0 Å². The quantitative estimate of drug-likeness (QED) is 0.186. The lowest BCUT2D eigenvalue weighted by molar-refractivity contribution is -0.870. The third-order valence-electron chi connectivity index (χ3n) is 9.14. The van der Waals surface area contributed by atoms with Crippen LogP contribution >= 0.6 is 0 Å². The predicted octanol–water partition coefficient (Wildman–Crippen LogP) is 4.09. The van der Waals surface area contributed by atoms with Crippen LogP contribution in [0.4, 0.5) is 16.2 Å². The van der Waals surface area contributed by atoms with Gasteiger partial charge in [-0.2, -0.15) is 5.10 Å². The number of ketones is 1. The monoisotopic (exact) mass is 673 g/mol. The summed E-state index contributed by atoms with van der Waals surface area (Å²) in [5.41, 5.74) is 3.11. The summed E-state index contributed by atoms with van der Waals surface area (Å²) in [6, 6.07) is 13.7. The number of Topliss-reactive ketones (excluding diaryl/α,β-unsaturated/α-hetero) is 1. The molecule has 2 amide bonds. The fourth-order valence-corrected chi connectivity index (χ4v) is 6.55. The van der Waals surface area contributed by atoms with Gasteiger partial charge < -0.3 is 14.7 Å². The lowest BCUT2D eigenvalue weighted by Crippen LogP contribution is -2.46. The third-order valence-corrected chi connectivity index (χ3v) is 9.14. The number of nitrogens with one attached hydrogen (secondary N) is 1. The average molecular weight is 674 g/mol. The zero-order valence-corrected chi connectivity index (χ0v) is 28.6. The Hall–Kier alpha value is -4.62. The highest BCUT2D eigenvalue weighted by atomic mass is 16.5. The van der Waals surface area contributed by atoms with E-state index in [0.29, 0.717) is 16.9 Å². The highest BCUT2D eigenvalue weighted by Crippen LogP contribution is 2.35. The van der Waals surface area contributed by atoms with E-state index in [2.05, 4.69) is 40.8 Å². The van der Waals surface area contributed by atoms with Crippen LogP contribution in [0.2, 0.25) is 0 Å². The van der Waals surface area contributed by atoms with Crippen molar-refractivity contribution in [3.63, 3.8) is 0 Å². The number of rotatable bonds is 10. The van der Waals surface area contributed by atoms with Gasteiger partial charge >= 0.3 is 11.8 Å². The number of anilines is 1. The van der Waals surface area contributed by atoms with Gasteiger partial charge in [-0.05, 0) is 49.8 Å². The van der Waals surface area contributed by atoms with Crippen molar-refractivity contribution in [1.82, 2.24) is 15.1 Å². The maximum absolute atomic E-state index is 14.1. The van der Waals surface area contributed by atoms with Crippen LogP contribution in [0.1, 0.15) is 63.4 Å². The number of H-pyrrole nitrogens is 1. The number of amides is 2. The first kappa shape index (κ1) is 35.7. The highest BCUT2D eigenvalue weighted by Gasteiger charge is 2.35. The molecular formula is C36H47N7O6. The Morgan fingerprint density at radius 1 is 1.00 bits per heavy atom. The summed E-state index contributed by atoms with van der Waals surface area (Å²) in [4.78, 5) is 46.9. The Morgan fingerprint density at radius 2 is 1.71 bits per heavy atom. The Labute approximate surface area is 286 Å². The summed E-state index contributed by atoms with van der Waals surface area (Å²) >= 11 is 0. The Balaban J connectivity index is 0.000000606. The van der Waals surface area contributed by atoms with Crippen LogP contribution in [0.5, 0.6) is 0 Å². The summed E-state index contributed by atoms with van der Waals surface area (Å²) in [5, 5.41) is 31.4. The molecule has 1 aromatic heterocycles. The summed E-state index contributed by atoms with van der Waals surface area (Å²) in [6.45, 7) is 0.666. The zero-order chi connectivity index (χ0) is 35.0. The van der Waals surface area contributed by atoms with Crippen LogP contribution in [-0.2, 0) is 4.79 Å². The fourth-order valence-electron chi connectivity index (χ4n) is 6.55. The molecular weight excluding hydrogens is 626 g/mol. The number of hydrazone groups is 1. The molecule has 0 unspecified atom stereocenters. The maximum atomic E-state index is 14.1. The molecule has 13 heteroatoms. The number of nitrogens with zero attached hydrogens (tertiary/aromatic N) is 6. The fraction of sp³-hybridized carbons (Fsp3) is 0.500. The van der Waals surface area contributed by atoms with Crippen LogP contribution < -0.4 is 15.8 Å². The van der Waals surface area contributed by atoms with Gasteiger partial charge in [0.1, 0.15) is 6.54 Å². The molecule has 6 rings (SSSR count). The van der Waals surface area contributed by atoms with Crippen LogP contribution in [0, 0.1) is 11.8 Å². The molecule has 262 valence electrons. The van der Waals surface area contributed by atoms with E-state index in [1.807, 2.05) is 24.3 Å². The molecule has 2 heterocycles. The number of quaternary nitrogens is 1. The van der Waals surface area contributed by atoms with Gasteiger partial charge in [0, 0.05) is 23.0 Å². The van der Waals surface area contributed by atoms with E-state index in [4.69, 9.17) is 10.2 Å². The highest BCUT2D eigenvalue weighted by molar-refractivity contribution is 6.13. The lowest BCUT2D eigenvalue weighted by atomic mass is 9.83.